The number of aliphatic imine (C=N–C) groups is 1. The molecule has 1 aliphatic heterocycles. The fourth-order valence-corrected chi connectivity index (χ4v) is 3.36. The third-order valence-corrected chi connectivity index (χ3v) is 4.96. The molecule has 1 unspecified atom stereocenters. The van der Waals surface area contributed by atoms with Gasteiger partial charge in [-0.1, -0.05) is 41.4 Å². The van der Waals surface area contributed by atoms with E-state index < -0.39 is 5.91 Å². The van der Waals surface area contributed by atoms with Gasteiger partial charge in [-0.25, -0.2) is 0 Å². The molecule has 0 aliphatic carbocycles. The van der Waals surface area contributed by atoms with Crippen molar-refractivity contribution in [3.63, 3.8) is 0 Å². The second kappa shape index (κ2) is 7.84. The zero-order chi connectivity index (χ0) is 19.6. The number of anilines is 1. The molecule has 0 saturated carbocycles. The van der Waals surface area contributed by atoms with Crippen LogP contribution in [0.3, 0.4) is 0 Å². The van der Waals surface area contributed by atoms with Gasteiger partial charge in [0.15, 0.2) is 0 Å². The lowest BCUT2D eigenvalue weighted by molar-refractivity contribution is -0.112. The summed E-state index contributed by atoms with van der Waals surface area (Å²) in [5.74, 6) is 0.0890. The minimum Gasteiger partial charge on any atom is -0.511 e. The Kier molecular flexibility index (Phi) is 5.51. The van der Waals surface area contributed by atoms with Crippen LogP contribution in [0, 0.1) is 6.92 Å². The van der Waals surface area contributed by atoms with Gasteiger partial charge in [0.2, 0.25) is 0 Å². The van der Waals surface area contributed by atoms with E-state index in [1.165, 1.54) is 5.56 Å². The highest BCUT2D eigenvalue weighted by molar-refractivity contribution is 6.30. The first-order valence-corrected chi connectivity index (χ1v) is 9.04. The summed E-state index contributed by atoms with van der Waals surface area (Å²) >= 11 is 5.88. The first-order valence-electron chi connectivity index (χ1n) is 8.66. The minimum atomic E-state index is -0.398. The SMILES string of the molecule is CN=C1C(C(=O)Nc2ccc(Cl)cc2)=C(O)CC(c2ccc(C)cc2)N1C. The molecule has 6 heteroatoms. The molecule has 2 aromatic rings. The van der Waals surface area contributed by atoms with Crippen LogP contribution in [0.2, 0.25) is 5.02 Å². The summed E-state index contributed by atoms with van der Waals surface area (Å²) < 4.78 is 0. The number of nitrogens with one attached hydrogen (secondary N) is 1. The van der Waals surface area contributed by atoms with E-state index in [-0.39, 0.29) is 17.4 Å². The van der Waals surface area contributed by atoms with Gasteiger partial charge in [-0.05, 0) is 36.8 Å². The van der Waals surface area contributed by atoms with Crippen molar-refractivity contribution in [1.29, 1.82) is 0 Å². The number of hydrogen-bond donors (Lipinski definition) is 2. The molecule has 0 bridgehead atoms. The van der Waals surface area contributed by atoms with E-state index in [1.807, 2.05) is 43.1 Å². The maximum atomic E-state index is 12.8. The van der Waals surface area contributed by atoms with Crippen molar-refractivity contribution in [2.45, 2.75) is 19.4 Å². The van der Waals surface area contributed by atoms with Gasteiger partial charge < -0.3 is 15.3 Å². The van der Waals surface area contributed by atoms with Crippen LogP contribution < -0.4 is 5.32 Å². The maximum Gasteiger partial charge on any atom is 0.262 e. The third-order valence-electron chi connectivity index (χ3n) is 4.70. The van der Waals surface area contributed by atoms with Crippen molar-refractivity contribution in [2.24, 2.45) is 4.99 Å². The number of hydrogen-bond acceptors (Lipinski definition) is 3. The summed E-state index contributed by atoms with van der Waals surface area (Å²) in [5, 5.41) is 14.0. The van der Waals surface area contributed by atoms with Crippen LogP contribution >= 0.6 is 11.6 Å². The van der Waals surface area contributed by atoms with Crippen molar-refractivity contribution in [3.05, 3.63) is 76.0 Å². The number of nitrogens with zero attached hydrogens (tertiary/aromatic N) is 2. The number of aliphatic hydroxyl groups excluding tert-OH is 1. The summed E-state index contributed by atoms with van der Waals surface area (Å²) in [4.78, 5) is 19.0. The van der Waals surface area contributed by atoms with Gasteiger partial charge in [-0.15, -0.1) is 0 Å². The van der Waals surface area contributed by atoms with Crippen LogP contribution in [-0.2, 0) is 4.79 Å². The van der Waals surface area contributed by atoms with Crippen molar-refractivity contribution in [1.82, 2.24) is 4.90 Å². The Bertz CT molecular complexity index is 902. The highest BCUT2D eigenvalue weighted by Crippen LogP contribution is 2.34. The second-order valence-electron chi connectivity index (χ2n) is 6.57. The van der Waals surface area contributed by atoms with Crippen LogP contribution in [0.1, 0.15) is 23.6 Å². The van der Waals surface area contributed by atoms with Crippen LogP contribution in [0.5, 0.6) is 0 Å². The Hall–Kier alpha value is -2.79. The number of amides is 1. The lowest BCUT2D eigenvalue weighted by atomic mass is 9.93. The molecule has 0 radical (unpaired) electrons. The predicted octanol–water partition coefficient (Wildman–Crippen LogP) is 4.50. The van der Waals surface area contributed by atoms with E-state index in [2.05, 4.69) is 10.3 Å². The number of halogens is 1. The Balaban J connectivity index is 1.90. The number of aliphatic hydroxyl groups is 1. The largest absolute Gasteiger partial charge is 0.511 e. The molecule has 1 amide bonds. The molecule has 2 N–H and O–H groups in total. The zero-order valence-electron chi connectivity index (χ0n) is 15.5. The smallest absolute Gasteiger partial charge is 0.262 e. The average Bonchev–Trinajstić information content (AvgIpc) is 2.65. The molecule has 1 atom stereocenters. The van der Waals surface area contributed by atoms with Crippen LogP contribution in [0.15, 0.2) is 64.9 Å². The lowest BCUT2D eigenvalue weighted by Gasteiger charge is -2.36. The normalized spacial score (nSPS) is 18.7. The van der Waals surface area contributed by atoms with Gasteiger partial charge in [0.25, 0.3) is 5.91 Å². The Labute approximate surface area is 164 Å². The minimum absolute atomic E-state index is 0.0331. The number of rotatable bonds is 3. The number of aryl methyl sites for hydroxylation is 1. The average molecular weight is 384 g/mol. The summed E-state index contributed by atoms with van der Waals surface area (Å²) in [5.41, 5.74) is 3.03. The first kappa shape index (κ1) is 19.0. The zero-order valence-corrected chi connectivity index (χ0v) is 16.3. The van der Waals surface area contributed by atoms with Crippen molar-refractivity contribution < 1.29 is 9.90 Å². The molecule has 0 aromatic heterocycles. The molecule has 27 heavy (non-hydrogen) atoms. The van der Waals surface area contributed by atoms with Crippen molar-refractivity contribution in [2.75, 3.05) is 19.4 Å². The van der Waals surface area contributed by atoms with Crippen LogP contribution in [-0.4, -0.2) is 35.8 Å². The monoisotopic (exact) mass is 383 g/mol. The number of carbonyl (C=O) groups excluding carboxylic acids is 1. The fraction of sp³-hybridized carbons (Fsp3) is 0.238. The molecule has 1 aliphatic rings. The van der Waals surface area contributed by atoms with Crippen molar-refractivity contribution >= 4 is 29.0 Å². The number of carbonyl (C=O) groups is 1. The second-order valence-corrected chi connectivity index (χ2v) is 7.01. The van der Waals surface area contributed by atoms with E-state index in [0.29, 0.717) is 23.0 Å². The molecule has 1 heterocycles. The van der Waals surface area contributed by atoms with Gasteiger partial charge in [0.1, 0.15) is 17.2 Å². The van der Waals surface area contributed by atoms with E-state index in [9.17, 15) is 9.90 Å². The first-order chi connectivity index (χ1) is 12.9. The van der Waals surface area contributed by atoms with Crippen LogP contribution in [0.25, 0.3) is 0 Å². The van der Waals surface area contributed by atoms with Gasteiger partial charge in [-0.2, -0.15) is 0 Å². The van der Waals surface area contributed by atoms with E-state index in [4.69, 9.17) is 11.6 Å². The summed E-state index contributed by atoms with van der Waals surface area (Å²) in [6.45, 7) is 2.03. The highest BCUT2D eigenvalue weighted by atomic mass is 35.5. The molecule has 0 fully saturated rings. The van der Waals surface area contributed by atoms with E-state index in [1.54, 1.807) is 31.3 Å². The Morgan fingerprint density at radius 2 is 1.81 bits per heavy atom. The Morgan fingerprint density at radius 1 is 1.19 bits per heavy atom. The summed E-state index contributed by atoms with van der Waals surface area (Å²) in [6, 6.07) is 14.9. The number of likely N-dealkylation sites (N-methyl/N-ethyl adjacent to an activating group) is 1. The number of amidine groups is 1. The molecular formula is C21H22ClN3O2. The van der Waals surface area contributed by atoms with E-state index >= 15 is 0 Å². The molecule has 2 aromatic carbocycles. The molecular weight excluding hydrogens is 362 g/mol. The summed E-state index contributed by atoms with van der Waals surface area (Å²) in [6.07, 6.45) is 0.335. The lowest BCUT2D eigenvalue weighted by Crippen LogP contribution is -2.40. The fourth-order valence-electron chi connectivity index (χ4n) is 3.23. The van der Waals surface area contributed by atoms with Crippen molar-refractivity contribution in [3.8, 4) is 0 Å². The van der Waals surface area contributed by atoms with E-state index in [0.717, 1.165) is 5.56 Å². The van der Waals surface area contributed by atoms with Gasteiger partial charge >= 0.3 is 0 Å². The summed E-state index contributed by atoms with van der Waals surface area (Å²) in [7, 11) is 3.50. The molecule has 0 saturated heterocycles. The van der Waals surface area contributed by atoms with Crippen LogP contribution in [0.4, 0.5) is 5.69 Å². The van der Waals surface area contributed by atoms with Gasteiger partial charge in [-0.3, -0.25) is 9.79 Å². The molecule has 3 rings (SSSR count). The standard InChI is InChI=1S/C21H22ClN3O2/c1-13-4-6-14(7-5-13)17-12-18(26)19(20(23-2)25(17)3)21(27)24-16-10-8-15(22)9-11-16/h4-11,17,26H,12H2,1-3H3,(H,24,27). The quantitative estimate of drug-likeness (QED) is 0.819. The van der Waals surface area contributed by atoms with Gasteiger partial charge in [0, 0.05) is 31.2 Å². The molecule has 5 nitrogen and oxygen atoms in total. The Morgan fingerprint density at radius 3 is 2.41 bits per heavy atom. The maximum absolute atomic E-state index is 12.8. The third kappa shape index (κ3) is 3.98. The predicted molar refractivity (Wildman–Crippen MR) is 109 cm³/mol. The highest BCUT2D eigenvalue weighted by Gasteiger charge is 2.34. The van der Waals surface area contributed by atoms with Gasteiger partial charge in [0.05, 0.1) is 6.04 Å². The number of benzene rings is 2. The molecule has 140 valence electrons. The topological polar surface area (TPSA) is 64.9 Å². The molecule has 0 spiro atoms.